The Labute approximate surface area is 171 Å². The molecule has 1 aromatic heterocycles. The highest BCUT2D eigenvalue weighted by atomic mass is 16.5. The molecule has 2 aromatic carbocycles. The minimum atomic E-state index is -0.0147. The first-order chi connectivity index (χ1) is 13.9. The zero-order chi connectivity index (χ0) is 20.7. The Balaban J connectivity index is 1.72. The predicted molar refractivity (Wildman–Crippen MR) is 119 cm³/mol. The number of imidazole rings is 1. The highest BCUT2D eigenvalue weighted by molar-refractivity contribution is 5.88. The lowest BCUT2D eigenvalue weighted by Crippen LogP contribution is -2.19. The fraction of sp³-hybridized carbons (Fsp3) is 0.435. The standard InChI is InChI=1S/C23H30N4O2/c1-6-29-22-11-16-9-7-8-15(16)10-17(22)14-24-18-12-20-21(13-19(18)25(2)3)27(5)23(28)26(20)4/h10-13,24H,6-9,14H2,1-5H3. The van der Waals surface area contributed by atoms with Gasteiger partial charge in [0.2, 0.25) is 0 Å². The first-order valence-corrected chi connectivity index (χ1v) is 10.3. The molecule has 0 saturated heterocycles. The molecular formula is C23H30N4O2. The van der Waals surface area contributed by atoms with Gasteiger partial charge in [-0.3, -0.25) is 9.13 Å². The summed E-state index contributed by atoms with van der Waals surface area (Å²) < 4.78 is 9.33. The van der Waals surface area contributed by atoms with Gasteiger partial charge in [0.05, 0.1) is 29.0 Å². The summed E-state index contributed by atoms with van der Waals surface area (Å²) in [5, 5.41) is 3.60. The molecule has 4 rings (SSSR count). The summed E-state index contributed by atoms with van der Waals surface area (Å²) in [7, 11) is 7.68. The second kappa shape index (κ2) is 7.50. The van der Waals surface area contributed by atoms with E-state index in [0.29, 0.717) is 13.2 Å². The fourth-order valence-electron chi connectivity index (χ4n) is 4.32. The van der Waals surface area contributed by atoms with Crippen LogP contribution < -0.4 is 20.6 Å². The molecular weight excluding hydrogens is 364 g/mol. The summed E-state index contributed by atoms with van der Waals surface area (Å²) >= 11 is 0. The van der Waals surface area contributed by atoms with Crippen molar-refractivity contribution in [3.63, 3.8) is 0 Å². The molecule has 0 atom stereocenters. The lowest BCUT2D eigenvalue weighted by atomic mass is 10.0. The molecule has 6 heteroatoms. The highest BCUT2D eigenvalue weighted by Gasteiger charge is 2.17. The molecule has 1 N–H and O–H groups in total. The topological polar surface area (TPSA) is 51.4 Å². The molecule has 154 valence electrons. The van der Waals surface area contributed by atoms with Gasteiger partial charge in [0, 0.05) is 40.3 Å². The number of hydrogen-bond donors (Lipinski definition) is 1. The molecule has 0 fully saturated rings. The number of benzene rings is 2. The second-order valence-corrected chi connectivity index (χ2v) is 8.02. The van der Waals surface area contributed by atoms with E-state index in [4.69, 9.17) is 4.74 Å². The van der Waals surface area contributed by atoms with Gasteiger partial charge in [-0.15, -0.1) is 0 Å². The smallest absolute Gasteiger partial charge is 0.328 e. The molecule has 0 unspecified atom stereocenters. The van der Waals surface area contributed by atoms with E-state index in [-0.39, 0.29) is 5.69 Å². The predicted octanol–water partition coefficient (Wildman–Crippen LogP) is 3.44. The summed E-state index contributed by atoms with van der Waals surface area (Å²) in [6.07, 6.45) is 3.52. The van der Waals surface area contributed by atoms with E-state index in [2.05, 4.69) is 34.5 Å². The van der Waals surface area contributed by atoms with E-state index in [0.717, 1.165) is 41.0 Å². The van der Waals surface area contributed by atoms with Crippen LogP contribution in [0.2, 0.25) is 0 Å². The molecule has 0 bridgehead atoms. The van der Waals surface area contributed by atoms with Crippen LogP contribution in [0.1, 0.15) is 30.0 Å². The van der Waals surface area contributed by atoms with Crippen molar-refractivity contribution < 1.29 is 4.74 Å². The quantitative estimate of drug-likeness (QED) is 0.696. The van der Waals surface area contributed by atoms with Crippen LogP contribution in [0.4, 0.5) is 11.4 Å². The number of rotatable bonds is 6. The summed E-state index contributed by atoms with van der Waals surface area (Å²) in [6, 6.07) is 8.66. The number of hydrogen-bond acceptors (Lipinski definition) is 4. The van der Waals surface area contributed by atoms with Crippen LogP contribution in [-0.4, -0.2) is 29.8 Å². The van der Waals surface area contributed by atoms with E-state index in [9.17, 15) is 4.79 Å². The van der Waals surface area contributed by atoms with E-state index >= 15 is 0 Å². The van der Waals surface area contributed by atoms with Crippen molar-refractivity contribution in [1.82, 2.24) is 9.13 Å². The lowest BCUT2D eigenvalue weighted by Gasteiger charge is -2.20. The monoisotopic (exact) mass is 394 g/mol. The van der Waals surface area contributed by atoms with E-state index in [1.807, 2.05) is 35.1 Å². The molecule has 1 aliphatic rings. The number of anilines is 2. The lowest BCUT2D eigenvalue weighted by molar-refractivity contribution is 0.336. The minimum absolute atomic E-state index is 0.0147. The third kappa shape index (κ3) is 3.37. The van der Waals surface area contributed by atoms with Gasteiger partial charge < -0.3 is 15.0 Å². The number of ether oxygens (including phenoxy) is 1. The van der Waals surface area contributed by atoms with Crippen molar-refractivity contribution in [3.05, 3.63) is 51.4 Å². The van der Waals surface area contributed by atoms with Crippen molar-refractivity contribution >= 4 is 22.4 Å². The largest absolute Gasteiger partial charge is 0.494 e. The third-order valence-electron chi connectivity index (χ3n) is 5.92. The Hall–Kier alpha value is -2.89. The number of fused-ring (bicyclic) bond motifs is 2. The zero-order valence-electron chi connectivity index (χ0n) is 18.0. The Morgan fingerprint density at radius 2 is 1.69 bits per heavy atom. The Morgan fingerprint density at radius 1 is 1.03 bits per heavy atom. The maximum absolute atomic E-state index is 12.4. The molecule has 6 nitrogen and oxygen atoms in total. The van der Waals surface area contributed by atoms with Gasteiger partial charge in [0.1, 0.15) is 5.75 Å². The molecule has 0 amide bonds. The normalized spacial score (nSPS) is 13.0. The maximum Gasteiger partial charge on any atom is 0.328 e. The van der Waals surface area contributed by atoms with Crippen LogP contribution in [0.25, 0.3) is 11.0 Å². The highest BCUT2D eigenvalue weighted by Crippen LogP contribution is 2.33. The van der Waals surface area contributed by atoms with Crippen LogP contribution in [-0.2, 0) is 33.5 Å². The van der Waals surface area contributed by atoms with Crippen LogP contribution in [0.5, 0.6) is 5.75 Å². The molecule has 0 aliphatic heterocycles. The minimum Gasteiger partial charge on any atom is -0.494 e. The number of aromatic nitrogens is 2. The SMILES string of the molecule is CCOc1cc2c(cc1CNc1cc3c(cc1N(C)C)n(C)c(=O)n3C)CCC2. The van der Waals surface area contributed by atoms with Crippen molar-refractivity contribution in [2.75, 3.05) is 30.9 Å². The van der Waals surface area contributed by atoms with Crippen LogP contribution in [0.15, 0.2) is 29.1 Å². The van der Waals surface area contributed by atoms with Crippen LogP contribution >= 0.6 is 0 Å². The van der Waals surface area contributed by atoms with Gasteiger partial charge in [-0.1, -0.05) is 6.07 Å². The van der Waals surface area contributed by atoms with Crippen molar-refractivity contribution in [2.45, 2.75) is 32.7 Å². The fourth-order valence-corrected chi connectivity index (χ4v) is 4.32. The summed E-state index contributed by atoms with van der Waals surface area (Å²) in [6.45, 7) is 3.36. The summed E-state index contributed by atoms with van der Waals surface area (Å²) in [5.74, 6) is 0.972. The van der Waals surface area contributed by atoms with Gasteiger partial charge in [-0.05, 0) is 55.5 Å². The Morgan fingerprint density at radius 3 is 2.34 bits per heavy atom. The number of nitrogens with one attached hydrogen (secondary N) is 1. The molecule has 29 heavy (non-hydrogen) atoms. The number of nitrogens with zero attached hydrogens (tertiary/aromatic N) is 3. The maximum atomic E-state index is 12.4. The van der Waals surface area contributed by atoms with Crippen molar-refractivity contribution in [3.8, 4) is 5.75 Å². The van der Waals surface area contributed by atoms with Crippen LogP contribution in [0, 0.1) is 0 Å². The first-order valence-electron chi connectivity index (χ1n) is 10.3. The van der Waals surface area contributed by atoms with E-state index < -0.39 is 0 Å². The number of aryl methyl sites for hydroxylation is 4. The van der Waals surface area contributed by atoms with E-state index in [1.165, 1.54) is 23.1 Å². The molecule has 1 heterocycles. The molecule has 3 aromatic rings. The van der Waals surface area contributed by atoms with Gasteiger partial charge in [0.25, 0.3) is 0 Å². The van der Waals surface area contributed by atoms with Crippen LogP contribution in [0.3, 0.4) is 0 Å². The molecule has 1 aliphatic carbocycles. The Kier molecular flexibility index (Phi) is 5.03. The van der Waals surface area contributed by atoms with Crippen molar-refractivity contribution in [1.29, 1.82) is 0 Å². The molecule has 0 radical (unpaired) electrons. The van der Waals surface area contributed by atoms with Gasteiger partial charge >= 0.3 is 5.69 Å². The van der Waals surface area contributed by atoms with E-state index in [1.54, 1.807) is 9.13 Å². The van der Waals surface area contributed by atoms with Crippen molar-refractivity contribution in [2.24, 2.45) is 14.1 Å². The Bertz CT molecular complexity index is 1120. The zero-order valence-corrected chi connectivity index (χ0v) is 18.0. The molecule has 0 saturated carbocycles. The van der Waals surface area contributed by atoms with Gasteiger partial charge in [-0.2, -0.15) is 0 Å². The summed E-state index contributed by atoms with van der Waals surface area (Å²) in [5.41, 5.74) is 7.94. The third-order valence-corrected chi connectivity index (χ3v) is 5.92. The average molecular weight is 395 g/mol. The van der Waals surface area contributed by atoms with Gasteiger partial charge in [-0.25, -0.2) is 4.79 Å². The summed E-state index contributed by atoms with van der Waals surface area (Å²) in [4.78, 5) is 14.4. The first kappa shape index (κ1) is 19.4. The molecule has 0 spiro atoms. The average Bonchev–Trinajstić information content (AvgIpc) is 3.24. The van der Waals surface area contributed by atoms with Gasteiger partial charge in [0.15, 0.2) is 0 Å². The second-order valence-electron chi connectivity index (χ2n) is 8.02.